The van der Waals surface area contributed by atoms with Gasteiger partial charge in [-0.05, 0) is 26.0 Å². The number of methoxy groups -OCH3 is 2. The number of morpholine rings is 1. The maximum Gasteiger partial charge on any atom is 0.228 e. The van der Waals surface area contributed by atoms with E-state index in [0.717, 1.165) is 0 Å². The molecule has 2 aliphatic rings. The van der Waals surface area contributed by atoms with Crippen molar-refractivity contribution in [2.45, 2.75) is 32.5 Å². The predicted octanol–water partition coefficient (Wildman–Crippen LogP) is 1.69. The van der Waals surface area contributed by atoms with Gasteiger partial charge in [0, 0.05) is 32.1 Å². The van der Waals surface area contributed by atoms with Gasteiger partial charge in [0.25, 0.3) is 0 Å². The number of carbonyl (C=O) groups excluding carboxylic acids is 2. The zero-order valence-corrected chi connectivity index (χ0v) is 15.7. The molecule has 0 aliphatic carbocycles. The summed E-state index contributed by atoms with van der Waals surface area (Å²) >= 11 is 0. The summed E-state index contributed by atoms with van der Waals surface area (Å²) in [6.07, 6.45) is 0.225. The molecule has 1 aromatic rings. The molecule has 2 fully saturated rings. The van der Waals surface area contributed by atoms with Crippen molar-refractivity contribution in [1.82, 2.24) is 4.90 Å². The Hall–Kier alpha value is -2.28. The minimum Gasteiger partial charge on any atom is -0.497 e. The van der Waals surface area contributed by atoms with Crippen molar-refractivity contribution < 1.29 is 23.8 Å². The normalized spacial score (nSPS) is 26.2. The first-order valence-corrected chi connectivity index (χ1v) is 8.89. The summed E-state index contributed by atoms with van der Waals surface area (Å²) in [7, 11) is 3.13. The molecule has 2 heterocycles. The Bertz CT molecular complexity index is 683. The molecule has 0 radical (unpaired) electrons. The molecular weight excluding hydrogens is 336 g/mol. The molecule has 7 nitrogen and oxygen atoms in total. The van der Waals surface area contributed by atoms with E-state index in [1.165, 1.54) is 0 Å². The van der Waals surface area contributed by atoms with E-state index in [-0.39, 0.29) is 36.4 Å². The van der Waals surface area contributed by atoms with Gasteiger partial charge in [-0.25, -0.2) is 0 Å². The minimum absolute atomic E-state index is 0.00869. The zero-order chi connectivity index (χ0) is 18.8. The number of anilines is 1. The summed E-state index contributed by atoms with van der Waals surface area (Å²) < 4.78 is 16.3. The number of hydrogen-bond donors (Lipinski definition) is 0. The molecule has 0 N–H and O–H groups in total. The molecule has 142 valence electrons. The second-order valence-corrected chi connectivity index (χ2v) is 6.94. The summed E-state index contributed by atoms with van der Waals surface area (Å²) in [5.41, 5.74) is 0.635. The number of amides is 2. The van der Waals surface area contributed by atoms with E-state index in [1.54, 1.807) is 37.3 Å². The molecule has 2 amide bonds. The highest BCUT2D eigenvalue weighted by atomic mass is 16.5. The molecule has 3 rings (SSSR count). The predicted molar refractivity (Wildman–Crippen MR) is 96.6 cm³/mol. The minimum atomic E-state index is -0.351. The maximum atomic E-state index is 12.9. The van der Waals surface area contributed by atoms with E-state index in [4.69, 9.17) is 14.2 Å². The lowest BCUT2D eigenvalue weighted by molar-refractivity contribution is -0.147. The van der Waals surface area contributed by atoms with Gasteiger partial charge in [-0.1, -0.05) is 0 Å². The second-order valence-electron chi connectivity index (χ2n) is 6.94. The smallest absolute Gasteiger partial charge is 0.228 e. The molecule has 2 saturated heterocycles. The first-order chi connectivity index (χ1) is 12.4. The lowest BCUT2D eigenvalue weighted by Crippen LogP contribution is -2.50. The van der Waals surface area contributed by atoms with Crippen LogP contribution in [0, 0.1) is 5.92 Å². The summed E-state index contributed by atoms with van der Waals surface area (Å²) in [4.78, 5) is 29.0. The summed E-state index contributed by atoms with van der Waals surface area (Å²) in [5, 5.41) is 0. The SMILES string of the molecule is COc1ccc(OC)c(N2C[C@@H](C(=O)N3C[C@H](C)O[C@@H](C)C3)CC2=O)c1. The Morgan fingerprint density at radius 1 is 1.12 bits per heavy atom. The Balaban J connectivity index is 1.77. The Morgan fingerprint density at radius 2 is 1.81 bits per heavy atom. The third-order valence-corrected chi connectivity index (χ3v) is 4.88. The zero-order valence-electron chi connectivity index (χ0n) is 15.7. The maximum absolute atomic E-state index is 12.9. The van der Waals surface area contributed by atoms with Crippen molar-refractivity contribution in [1.29, 1.82) is 0 Å². The summed E-state index contributed by atoms with van der Waals surface area (Å²) in [6, 6.07) is 5.31. The van der Waals surface area contributed by atoms with Crippen LogP contribution in [-0.2, 0) is 14.3 Å². The van der Waals surface area contributed by atoms with Crippen LogP contribution in [0.4, 0.5) is 5.69 Å². The molecule has 3 atom stereocenters. The van der Waals surface area contributed by atoms with Gasteiger partial charge in [0.05, 0.1) is 38.0 Å². The van der Waals surface area contributed by atoms with Crippen LogP contribution in [0.15, 0.2) is 18.2 Å². The average molecular weight is 362 g/mol. The fourth-order valence-corrected chi connectivity index (χ4v) is 3.73. The number of rotatable bonds is 4. The highest BCUT2D eigenvalue weighted by molar-refractivity contribution is 6.01. The van der Waals surface area contributed by atoms with Gasteiger partial charge in [0.1, 0.15) is 11.5 Å². The van der Waals surface area contributed by atoms with E-state index >= 15 is 0 Å². The molecule has 7 heteroatoms. The van der Waals surface area contributed by atoms with E-state index in [2.05, 4.69) is 0 Å². The summed E-state index contributed by atoms with van der Waals surface area (Å²) in [5.74, 6) is 0.810. The van der Waals surface area contributed by atoms with Crippen LogP contribution < -0.4 is 14.4 Å². The van der Waals surface area contributed by atoms with Crippen LogP contribution in [0.2, 0.25) is 0 Å². The molecule has 1 aromatic carbocycles. The van der Waals surface area contributed by atoms with Gasteiger partial charge < -0.3 is 24.0 Å². The second kappa shape index (κ2) is 7.53. The monoisotopic (exact) mass is 362 g/mol. The number of ether oxygens (including phenoxy) is 3. The van der Waals surface area contributed by atoms with E-state index in [0.29, 0.717) is 36.8 Å². The van der Waals surface area contributed by atoms with Crippen molar-refractivity contribution in [2.24, 2.45) is 5.92 Å². The van der Waals surface area contributed by atoms with Crippen LogP contribution in [-0.4, -0.2) is 62.8 Å². The first-order valence-electron chi connectivity index (χ1n) is 8.89. The van der Waals surface area contributed by atoms with Crippen LogP contribution >= 0.6 is 0 Å². The quantitative estimate of drug-likeness (QED) is 0.815. The van der Waals surface area contributed by atoms with Crippen LogP contribution in [0.1, 0.15) is 20.3 Å². The lowest BCUT2D eigenvalue weighted by Gasteiger charge is -2.36. The Labute approximate surface area is 153 Å². The van der Waals surface area contributed by atoms with Crippen LogP contribution in [0.5, 0.6) is 11.5 Å². The first kappa shape index (κ1) is 18.5. The standard InChI is InChI=1S/C19H26N2O5/c1-12-9-20(10-13(2)26-12)19(23)14-7-18(22)21(11-14)16-8-15(24-3)5-6-17(16)25-4/h5-6,8,12-14H,7,9-11H2,1-4H3/t12-,13-,14-/m0/s1. The Morgan fingerprint density at radius 3 is 2.42 bits per heavy atom. The third kappa shape index (κ3) is 3.62. The molecule has 2 aliphatic heterocycles. The van der Waals surface area contributed by atoms with Crippen LogP contribution in [0.25, 0.3) is 0 Å². The molecule has 0 bridgehead atoms. The van der Waals surface area contributed by atoms with E-state index in [9.17, 15) is 9.59 Å². The highest BCUT2D eigenvalue weighted by Crippen LogP contribution is 2.36. The number of carbonyl (C=O) groups is 2. The fraction of sp³-hybridized carbons (Fsp3) is 0.579. The molecule has 0 unspecified atom stereocenters. The summed E-state index contributed by atoms with van der Waals surface area (Å²) in [6.45, 7) is 5.40. The number of hydrogen-bond acceptors (Lipinski definition) is 5. The molecular formula is C19H26N2O5. The third-order valence-electron chi connectivity index (χ3n) is 4.88. The van der Waals surface area contributed by atoms with Crippen molar-refractivity contribution in [3.8, 4) is 11.5 Å². The van der Waals surface area contributed by atoms with Gasteiger partial charge in [-0.3, -0.25) is 9.59 Å². The Kier molecular flexibility index (Phi) is 5.36. The topological polar surface area (TPSA) is 68.3 Å². The highest BCUT2D eigenvalue weighted by Gasteiger charge is 2.39. The van der Waals surface area contributed by atoms with Gasteiger partial charge >= 0.3 is 0 Å². The molecule has 26 heavy (non-hydrogen) atoms. The number of benzene rings is 1. The van der Waals surface area contributed by atoms with E-state index < -0.39 is 0 Å². The van der Waals surface area contributed by atoms with Gasteiger partial charge in [0.15, 0.2) is 0 Å². The lowest BCUT2D eigenvalue weighted by atomic mass is 10.1. The van der Waals surface area contributed by atoms with Crippen molar-refractivity contribution in [3.63, 3.8) is 0 Å². The average Bonchev–Trinajstić information content (AvgIpc) is 3.01. The molecule has 0 spiro atoms. The van der Waals surface area contributed by atoms with Crippen molar-refractivity contribution in [2.75, 3.05) is 38.8 Å². The van der Waals surface area contributed by atoms with Crippen molar-refractivity contribution >= 4 is 17.5 Å². The fourth-order valence-electron chi connectivity index (χ4n) is 3.73. The van der Waals surface area contributed by atoms with Crippen molar-refractivity contribution in [3.05, 3.63) is 18.2 Å². The van der Waals surface area contributed by atoms with Gasteiger partial charge in [0.2, 0.25) is 11.8 Å². The van der Waals surface area contributed by atoms with Crippen LogP contribution in [0.3, 0.4) is 0 Å². The van der Waals surface area contributed by atoms with Gasteiger partial charge in [-0.15, -0.1) is 0 Å². The number of nitrogens with zero attached hydrogens (tertiary/aromatic N) is 2. The van der Waals surface area contributed by atoms with Gasteiger partial charge in [-0.2, -0.15) is 0 Å². The van der Waals surface area contributed by atoms with E-state index in [1.807, 2.05) is 18.7 Å². The largest absolute Gasteiger partial charge is 0.497 e. The molecule has 0 aromatic heterocycles. The molecule has 0 saturated carbocycles.